The van der Waals surface area contributed by atoms with Gasteiger partial charge in [0.25, 0.3) is 0 Å². The van der Waals surface area contributed by atoms with Crippen molar-refractivity contribution < 1.29 is 80.2 Å². The Morgan fingerprint density at radius 2 is 0.562 bits per heavy atom. The maximum Gasteiger partial charge on any atom is 0.472 e. The van der Waals surface area contributed by atoms with Crippen molar-refractivity contribution in [3.63, 3.8) is 0 Å². The molecule has 6 atom stereocenters. The molecule has 17 nitrogen and oxygen atoms in total. The maximum atomic E-state index is 13.1. The summed E-state index contributed by atoms with van der Waals surface area (Å²) >= 11 is 0. The van der Waals surface area contributed by atoms with E-state index in [9.17, 15) is 43.2 Å². The van der Waals surface area contributed by atoms with E-state index in [-0.39, 0.29) is 25.7 Å². The first-order chi connectivity index (χ1) is 50.8. The van der Waals surface area contributed by atoms with E-state index in [1.807, 2.05) is 0 Å². The van der Waals surface area contributed by atoms with E-state index in [2.05, 4.69) is 72.8 Å². The summed E-state index contributed by atoms with van der Waals surface area (Å²) in [6.45, 7) is 11.9. The fourth-order valence-electron chi connectivity index (χ4n) is 12.8. The minimum absolute atomic E-state index is 0.101. The molecule has 0 fully saturated rings. The van der Waals surface area contributed by atoms with Gasteiger partial charge in [0.1, 0.15) is 19.3 Å². The molecule has 0 aromatic rings. The minimum atomic E-state index is -4.97. The Morgan fingerprint density at radius 3 is 0.848 bits per heavy atom. The van der Waals surface area contributed by atoms with Gasteiger partial charge >= 0.3 is 39.5 Å². The van der Waals surface area contributed by atoms with E-state index in [0.717, 1.165) is 127 Å². The lowest BCUT2D eigenvalue weighted by atomic mass is 9.99. The van der Waals surface area contributed by atoms with Crippen molar-refractivity contribution in [1.29, 1.82) is 0 Å². The van der Waals surface area contributed by atoms with Gasteiger partial charge in [-0.1, -0.05) is 375 Å². The van der Waals surface area contributed by atoms with E-state index in [4.69, 9.17) is 37.0 Å². The van der Waals surface area contributed by atoms with Crippen molar-refractivity contribution in [2.45, 2.75) is 446 Å². The van der Waals surface area contributed by atoms with Gasteiger partial charge in [-0.3, -0.25) is 37.3 Å². The predicted molar refractivity (Wildman–Crippen MR) is 432 cm³/mol. The van der Waals surface area contributed by atoms with Crippen LogP contribution in [-0.2, 0) is 65.4 Å². The van der Waals surface area contributed by atoms with Gasteiger partial charge in [-0.05, 0) is 69.1 Å². The zero-order valence-electron chi connectivity index (χ0n) is 68.7. The molecule has 0 spiro atoms. The average molecular weight is 1530 g/mol. The molecule has 0 rings (SSSR count). The van der Waals surface area contributed by atoms with Crippen molar-refractivity contribution in [2.75, 3.05) is 39.6 Å². The number of carbonyl (C=O) groups is 4. The Kier molecular flexibility index (Phi) is 73.8. The van der Waals surface area contributed by atoms with E-state index in [1.54, 1.807) is 0 Å². The number of aliphatic hydroxyl groups excluding tert-OH is 1. The number of rotatable bonds is 82. The second-order valence-electron chi connectivity index (χ2n) is 31.4. The number of esters is 4. The second-order valence-corrected chi connectivity index (χ2v) is 34.3. The van der Waals surface area contributed by atoms with Crippen LogP contribution in [0.15, 0.2) is 24.3 Å². The third-order valence-corrected chi connectivity index (χ3v) is 21.8. The molecule has 0 aromatic heterocycles. The number of allylic oxidation sites excluding steroid dienone is 4. The van der Waals surface area contributed by atoms with Crippen LogP contribution in [0.25, 0.3) is 0 Å². The fourth-order valence-corrected chi connectivity index (χ4v) is 14.4. The summed E-state index contributed by atoms with van der Waals surface area (Å²) in [4.78, 5) is 73.2. The molecule has 0 aliphatic carbocycles. The lowest BCUT2D eigenvalue weighted by molar-refractivity contribution is -0.161. The van der Waals surface area contributed by atoms with Gasteiger partial charge in [0.15, 0.2) is 12.2 Å². The zero-order valence-corrected chi connectivity index (χ0v) is 70.5. The fraction of sp³-hybridized carbons (Fsp3) is 0.907. The number of carbonyl (C=O) groups excluding carboxylic acids is 4. The minimum Gasteiger partial charge on any atom is -0.462 e. The molecule has 105 heavy (non-hydrogen) atoms. The highest BCUT2D eigenvalue weighted by molar-refractivity contribution is 7.47. The highest BCUT2D eigenvalue weighted by Gasteiger charge is 2.30. The first kappa shape index (κ1) is 103. The van der Waals surface area contributed by atoms with Gasteiger partial charge in [-0.15, -0.1) is 0 Å². The molecule has 19 heteroatoms. The molecular weight excluding hydrogens is 1370 g/mol. The molecule has 0 amide bonds. The summed E-state index contributed by atoms with van der Waals surface area (Å²) in [7, 11) is -9.94. The van der Waals surface area contributed by atoms with E-state index < -0.39 is 97.5 Å². The van der Waals surface area contributed by atoms with Crippen molar-refractivity contribution in [2.24, 2.45) is 17.8 Å². The van der Waals surface area contributed by atoms with Crippen LogP contribution in [-0.4, -0.2) is 96.7 Å². The van der Waals surface area contributed by atoms with Crippen LogP contribution < -0.4 is 0 Å². The predicted octanol–water partition coefficient (Wildman–Crippen LogP) is 25.6. The van der Waals surface area contributed by atoms with Gasteiger partial charge in [0.05, 0.1) is 26.4 Å². The Labute approximate surface area is 643 Å². The lowest BCUT2D eigenvalue weighted by Gasteiger charge is -2.21. The molecule has 0 bridgehead atoms. The first-order valence-corrected chi connectivity index (χ1v) is 46.7. The third-order valence-electron chi connectivity index (χ3n) is 19.9. The SMILES string of the molecule is CCCCCC/C=C\C=C/CCCCCCCC(=O)OC[C@H](COP(=O)(O)OCC(O)COP(=O)(O)OC[C@@H](COC(=O)CCCCCCCCCC(C)C)OC(=O)CCCCCCCCCCCCCCCCCC(C)C)OC(=O)CCCCCCCCCCCCCCCCCCCCC(C)CC. The second kappa shape index (κ2) is 75.6. The molecule has 0 aliphatic heterocycles. The van der Waals surface area contributed by atoms with Crippen molar-refractivity contribution in [1.82, 2.24) is 0 Å². The van der Waals surface area contributed by atoms with Gasteiger partial charge < -0.3 is 33.8 Å². The number of unbranched alkanes of at least 4 members (excludes halogenated alkanes) is 46. The van der Waals surface area contributed by atoms with Gasteiger partial charge in [-0.2, -0.15) is 0 Å². The molecule has 0 aromatic carbocycles. The van der Waals surface area contributed by atoms with E-state index >= 15 is 0 Å². The van der Waals surface area contributed by atoms with E-state index in [0.29, 0.717) is 31.6 Å². The van der Waals surface area contributed by atoms with Gasteiger partial charge in [-0.25, -0.2) is 9.13 Å². The zero-order chi connectivity index (χ0) is 77.2. The van der Waals surface area contributed by atoms with E-state index in [1.165, 1.54) is 212 Å². The Hall–Kier alpha value is -2.46. The topological polar surface area (TPSA) is 237 Å². The largest absolute Gasteiger partial charge is 0.472 e. The molecular formula is C86H164O17P2. The van der Waals surface area contributed by atoms with Crippen LogP contribution in [0, 0.1) is 17.8 Å². The first-order valence-electron chi connectivity index (χ1n) is 43.7. The molecule has 0 saturated heterocycles. The average Bonchev–Trinajstić information content (AvgIpc) is 0.903. The standard InChI is InChI=1S/C86H164O17P2/c1-8-10-11-12-13-14-15-16-22-29-34-39-46-53-60-67-83(88)96-73-81(102-85(90)69-62-55-47-40-35-30-25-20-18-17-19-24-28-33-38-45-52-59-66-79(7)9-2)75-100-104(92,93)98-71-80(87)72-99-105(94,95)101-76-82(74-97-84(89)68-61-54-49-42-44-51-58-65-78(5)6)103-86(91)70-63-56-48-41-36-31-26-21-23-27-32-37-43-50-57-64-77(3)4/h14-16,22,77-82,87H,8-13,17-21,23-76H2,1-7H3,(H,92,93)(H,94,95)/b15-14-,22-16-/t79?,80?,81-,82-/m1/s1. The summed E-state index contributed by atoms with van der Waals surface area (Å²) < 4.78 is 68.8. The number of aliphatic hydroxyl groups is 1. The Morgan fingerprint density at radius 1 is 0.314 bits per heavy atom. The number of hydrogen-bond acceptors (Lipinski definition) is 15. The summed E-state index contributed by atoms with van der Waals surface area (Å²) in [5.74, 6) is 0.237. The highest BCUT2D eigenvalue weighted by Crippen LogP contribution is 2.45. The van der Waals surface area contributed by atoms with Crippen LogP contribution in [0.3, 0.4) is 0 Å². The summed E-state index contributed by atoms with van der Waals surface area (Å²) in [6, 6.07) is 0. The van der Waals surface area contributed by atoms with Crippen molar-refractivity contribution in [3.8, 4) is 0 Å². The van der Waals surface area contributed by atoms with Gasteiger partial charge in [0, 0.05) is 25.7 Å². The monoisotopic (exact) mass is 1530 g/mol. The molecule has 0 aliphatic rings. The molecule has 4 unspecified atom stereocenters. The van der Waals surface area contributed by atoms with Crippen LogP contribution in [0.4, 0.5) is 0 Å². The van der Waals surface area contributed by atoms with Crippen LogP contribution in [0.5, 0.6) is 0 Å². The van der Waals surface area contributed by atoms with Crippen LogP contribution in [0.1, 0.15) is 427 Å². The molecule has 0 saturated carbocycles. The number of hydrogen-bond donors (Lipinski definition) is 3. The highest BCUT2D eigenvalue weighted by atomic mass is 31.2. The third kappa shape index (κ3) is 78.0. The number of ether oxygens (including phenoxy) is 4. The Balaban J connectivity index is 5.24. The molecule has 3 N–H and O–H groups in total. The van der Waals surface area contributed by atoms with Gasteiger partial charge in [0.2, 0.25) is 0 Å². The quantitative estimate of drug-likeness (QED) is 0.0169. The Bertz CT molecular complexity index is 2120. The van der Waals surface area contributed by atoms with Crippen molar-refractivity contribution >= 4 is 39.5 Å². The number of phosphoric acid groups is 2. The molecule has 0 radical (unpaired) electrons. The van der Waals surface area contributed by atoms with Crippen molar-refractivity contribution in [3.05, 3.63) is 24.3 Å². The maximum absolute atomic E-state index is 13.1. The molecule has 0 heterocycles. The lowest BCUT2D eigenvalue weighted by Crippen LogP contribution is -2.30. The smallest absolute Gasteiger partial charge is 0.462 e. The number of phosphoric ester groups is 2. The summed E-state index contributed by atoms with van der Waals surface area (Å²) in [6.07, 6.45) is 68.9. The van der Waals surface area contributed by atoms with Crippen LogP contribution in [0.2, 0.25) is 0 Å². The van der Waals surface area contributed by atoms with Crippen LogP contribution >= 0.6 is 15.6 Å². The summed E-state index contributed by atoms with van der Waals surface area (Å²) in [5, 5.41) is 10.7. The normalized spacial score (nSPS) is 14.3. The summed E-state index contributed by atoms with van der Waals surface area (Å²) in [5.41, 5.74) is 0. The molecule has 620 valence electrons.